The van der Waals surface area contributed by atoms with E-state index in [9.17, 15) is 14.4 Å². The number of ether oxygens (including phenoxy) is 1. The highest BCUT2D eigenvalue weighted by Crippen LogP contribution is 2.31. The number of rotatable bonds is 7. The molecule has 0 aliphatic rings. The van der Waals surface area contributed by atoms with Crippen LogP contribution in [0.15, 0.2) is 70.6 Å². The molecule has 0 unspecified atom stereocenters. The number of hydrogen-bond donors (Lipinski definition) is 2. The minimum atomic E-state index is -0.501. The van der Waals surface area contributed by atoms with E-state index in [0.29, 0.717) is 21.1 Å². The van der Waals surface area contributed by atoms with Crippen molar-refractivity contribution in [3.63, 3.8) is 0 Å². The van der Waals surface area contributed by atoms with Crippen LogP contribution in [0.1, 0.15) is 17.3 Å². The standard InChI is InChI=1S/C23H19N3O4S2/c1-2-30-22(29)15-10-6-7-11-17(15)24-19(27)13-31-23-25-20(28)16-12-18(32-21(16)26-23)14-8-4-3-5-9-14/h3-12H,2,13H2,1H3,(H,24,27)(H,25,26,28). The largest absolute Gasteiger partial charge is 0.462 e. The Morgan fingerprint density at radius 2 is 1.88 bits per heavy atom. The first-order chi connectivity index (χ1) is 15.5. The summed E-state index contributed by atoms with van der Waals surface area (Å²) in [6, 6.07) is 18.3. The molecule has 9 heteroatoms. The highest BCUT2D eigenvalue weighted by Gasteiger charge is 2.15. The molecule has 0 spiro atoms. The summed E-state index contributed by atoms with van der Waals surface area (Å²) in [5, 5.41) is 3.60. The van der Waals surface area contributed by atoms with E-state index in [4.69, 9.17) is 4.74 Å². The van der Waals surface area contributed by atoms with Crippen LogP contribution < -0.4 is 10.9 Å². The third-order valence-electron chi connectivity index (χ3n) is 4.48. The Labute approximate surface area is 191 Å². The van der Waals surface area contributed by atoms with E-state index >= 15 is 0 Å². The van der Waals surface area contributed by atoms with Gasteiger partial charge in [0.1, 0.15) is 4.83 Å². The molecule has 2 heterocycles. The average molecular weight is 466 g/mol. The summed E-state index contributed by atoms with van der Waals surface area (Å²) in [7, 11) is 0. The van der Waals surface area contributed by atoms with Gasteiger partial charge in [0.25, 0.3) is 5.56 Å². The van der Waals surface area contributed by atoms with Gasteiger partial charge in [0.2, 0.25) is 5.91 Å². The van der Waals surface area contributed by atoms with Gasteiger partial charge >= 0.3 is 5.97 Å². The van der Waals surface area contributed by atoms with Crippen LogP contribution in [-0.2, 0) is 9.53 Å². The molecule has 32 heavy (non-hydrogen) atoms. The van der Waals surface area contributed by atoms with E-state index in [1.807, 2.05) is 36.4 Å². The fraction of sp³-hybridized carbons (Fsp3) is 0.130. The van der Waals surface area contributed by atoms with Crippen molar-refractivity contribution in [1.29, 1.82) is 0 Å². The topological polar surface area (TPSA) is 101 Å². The first kappa shape index (κ1) is 21.8. The number of H-pyrrole nitrogens is 1. The lowest BCUT2D eigenvalue weighted by atomic mass is 10.2. The van der Waals surface area contributed by atoms with E-state index in [1.54, 1.807) is 31.2 Å². The lowest BCUT2D eigenvalue weighted by Gasteiger charge is -2.10. The van der Waals surface area contributed by atoms with Gasteiger partial charge < -0.3 is 15.0 Å². The molecule has 1 amide bonds. The molecular weight excluding hydrogens is 446 g/mol. The predicted molar refractivity (Wildman–Crippen MR) is 127 cm³/mol. The van der Waals surface area contributed by atoms with Gasteiger partial charge in [-0.2, -0.15) is 0 Å². The van der Waals surface area contributed by atoms with Crippen LogP contribution in [0.3, 0.4) is 0 Å². The number of nitrogens with one attached hydrogen (secondary N) is 2. The number of nitrogens with zero attached hydrogens (tertiary/aromatic N) is 1. The van der Waals surface area contributed by atoms with Crippen LogP contribution in [0.4, 0.5) is 5.69 Å². The molecule has 2 aromatic heterocycles. The molecule has 162 valence electrons. The summed E-state index contributed by atoms with van der Waals surface area (Å²) in [4.78, 5) is 45.8. The van der Waals surface area contributed by atoms with Gasteiger partial charge in [-0.15, -0.1) is 11.3 Å². The lowest BCUT2D eigenvalue weighted by Crippen LogP contribution is -2.18. The number of fused-ring (bicyclic) bond motifs is 1. The molecule has 4 rings (SSSR count). The highest BCUT2D eigenvalue weighted by molar-refractivity contribution is 7.99. The second-order valence-electron chi connectivity index (χ2n) is 6.67. The summed E-state index contributed by atoms with van der Waals surface area (Å²) >= 11 is 2.55. The fourth-order valence-electron chi connectivity index (χ4n) is 3.02. The molecule has 2 N–H and O–H groups in total. The third kappa shape index (κ3) is 4.90. The van der Waals surface area contributed by atoms with E-state index in [0.717, 1.165) is 22.2 Å². The van der Waals surface area contributed by atoms with E-state index in [-0.39, 0.29) is 29.4 Å². The SMILES string of the molecule is CCOC(=O)c1ccccc1NC(=O)CSc1nc2sc(-c3ccccc3)cc2c(=O)[nH]1. The number of thioether (sulfide) groups is 1. The number of aromatic nitrogens is 2. The normalized spacial score (nSPS) is 10.8. The van der Waals surface area contributed by atoms with Crippen molar-refractivity contribution in [1.82, 2.24) is 9.97 Å². The Kier molecular flexibility index (Phi) is 6.67. The number of benzene rings is 2. The summed E-state index contributed by atoms with van der Waals surface area (Å²) in [6.45, 7) is 1.96. The summed E-state index contributed by atoms with van der Waals surface area (Å²) in [5.41, 5.74) is 1.43. The fourth-order valence-corrected chi connectivity index (χ4v) is 4.78. The molecule has 7 nitrogen and oxygen atoms in total. The molecule has 0 aliphatic carbocycles. The quantitative estimate of drug-likeness (QED) is 0.236. The Bertz CT molecular complexity index is 1330. The zero-order valence-electron chi connectivity index (χ0n) is 17.1. The number of aromatic amines is 1. The van der Waals surface area contributed by atoms with Gasteiger partial charge in [0.05, 0.1) is 29.0 Å². The van der Waals surface area contributed by atoms with Crippen molar-refractivity contribution >= 4 is 50.9 Å². The molecule has 0 bridgehead atoms. The van der Waals surface area contributed by atoms with Crippen molar-refractivity contribution in [2.45, 2.75) is 12.1 Å². The maximum atomic E-state index is 12.5. The highest BCUT2D eigenvalue weighted by atomic mass is 32.2. The number of anilines is 1. The smallest absolute Gasteiger partial charge is 0.340 e. The van der Waals surface area contributed by atoms with Crippen molar-refractivity contribution in [3.8, 4) is 10.4 Å². The molecule has 0 atom stereocenters. The monoisotopic (exact) mass is 465 g/mol. The molecule has 0 radical (unpaired) electrons. The Balaban J connectivity index is 1.47. The number of carbonyl (C=O) groups excluding carboxylic acids is 2. The van der Waals surface area contributed by atoms with Crippen LogP contribution in [0.25, 0.3) is 20.7 Å². The van der Waals surface area contributed by atoms with Gasteiger partial charge in [-0.25, -0.2) is 9.78 Å². The minimum Gasteiger partial charge on any atom is -0.462 e. The summed E-state index contributed by atoms with van der Waals surface area (Å²) in [6.07, 6.45) is 0. The number of para-hydroxylation sites is 1. The van der Waals surface area contributed by atoms with Crippen molar-refractivity contribution < 1.29 is 14.3 Å². The molecule has 2 aromatic carbocycles. The molecule has 4 aromatic rings. The number of esters is 1. The first-order valence-electron chi connectivity index (χ1n) is 9.83. The second-order valence-corrected chi connectivity index (χ2v) is 8.66. The molecule has 0 saturated heterocycles. The first-order valence-corrected chi connectivity index (χ1v) is 11.6. The van der Waals surface area contributed by atoms with E-state index < -0.39 is 5.97 Å². The van der Waals surface area contributed by atoms with Gasteiger partial charge in [0, 0.05) is 4.88 Å². The average Bonchev–Trinajstić information content (AvgIpc) is 3.24. The number of carbonyl (C=O) groups is 2. The number of amides is 1. The van der Waals surface area contributed by atoms with Crippen LogP contribution in [0.2, 0.25) is 0 Å². The van der Waals surface area contributed by atoms with Gasteiger partial charge in [-0.1, -0.05) is 54.2 Å². The van der Waals surface area contributed by atoms with Crippen LogP contribution in [0, 0.1) is 0 Å². The molecule has 0 aliphatic heterocycles. The summed E-state index contributed by atoms with van der Waals surface area (Å²) in [5.74, 6) is -0.812. The Morgan fingerprint density at radius 3 is 2.66 bits per heavy atom. The van der Waals surface area contributed by atoms with Crippen LogP contribution >= 0.6 is 23.1 Å². The maximum absolute atomic E-state index is 12.5. The maximum Gasteiger partial charge on any atom is 0.340 e. The van der Waals surface area contributed by atoms with Crippen molar-refractivity contribution in [2.24, 2.45) is 0 Å². The zero-order valence-corrected chi connectivity index (χ0v) is 18.7. The molecule has 0 saturated carbocycles. The predicted octanol–water partition coefficient (Wildman–Crippen LogP) is 4.56. The van der Waals surface area contributed by atoms with E-state index in [2.05, 4.69) is 15.3 Å². The van der Waals surface area contributed by atoms with Crippen LogP contribution in [-0.4, -0.2) is 34.2 Å². The van der Waals surface area contributed by atoms with Gasteiger partial charge in [-0.3, -0.25) is 9.59 Å². The summed E-state index contributed by atoms with van der Waals surface area (Å²) < 4.78 is 5.02. The number of hydrogen-bond acceptors (Lipinski definition) is 7. The minimum absolute atomic E-state index is 0.0164. The third-order valence-corrected chi connectivity index (χ3v) is 6.43. The lowest BCUT2D eigenvalue weighted by molar-refractivity contribution is -0.113. The van der Waals surface area contributed by atoms with E-state index in [1.165, 1.54) is 11.3 Å². The van der Waals surface area contributed by atoms with Gasteiger partial charge in [0.15, 0.2) is 5.16 Å². The van der Waals surface area contributed by atoms with Gasteiger partial charge in [-0.05, 0) is 30.7 Å². The number of thiophene rings is 1. The Morgan fingerprint density at radius 1 is 1.12 bits per heavy atom. The molecule has 0 fully saturated rings. The van der Waals surface area contributed by atoms with Crippen molar-refractivity contribution in [2.75, 3.05) is 17.7 Å². The van der Waals surface area contributed by atoms with Crippen molar-refractivity contribution in [3.05, 3.63) is 76.6 Å². The zero-order chi connectivity index (χ0) is 22.5. The second kappa shape index (κ2) is 9.80. The van der Waals surface area contributed by atoms with Crippen LogP contribution in [0.5, 0.6) is 0 Å². The Hall–Kier alpha value is -3.43. The molecular formula is C23H19N3O4S2.